The third kappa shape index (κ3) is 3.25. The molecule has 1 amide bonds. The molecule has 30 heavy (non-hydrogen) atoms. The van der Waals surface area contributed by atoms with Crippen LogP contribution in [-0.2, 0) is 10.2 Å². The number of amides is 1. The van der Waals surface area contributed by atoms with Gasteiger partial charge in [0.1, 0.15) is 11.6 Å². The number of rotatable bonds is 3. The number of nitrogens with one attached hydrogen (secondary N) is 1. The predicted molar refractivity (Wildman–Crippen MR) is 122 cm³/mol. The van der Waals surface area contributed by atoms with Crippen molar-refractivity contribution in [3.8, 4) is 6.07 Å². The van der Waals surface area contributed by atoms with E-state index in [1.807, 2.05) is 73.8 Å². The number of hydrogen-bond donors (Lipinski definition) is 1. The molecule has 0 bridgehead atoms. The summed E-state index contributed by atoms with van der Waals surface area (Å²) in [6, 6.07) is 23.9. The first-order valence-electron chi connectivity index (χ1n) is 9.88. The number of carbonyl (C=O) groups excluding carboxylic acids is 1. The number of likely N-dealkylation sites (N-methyl/N-ethyl adjacent to an activating group) is 1. The molecule has 0 saturated heterocycles. The Morgan fingerprint density at radius 2 is 1.73 bits per heavy atom. The number of fused-ring (bicyclic) bond motifs is 2. The molecule has 148 valence electrons. The Hall–Kier alpha value is -3.84. The molecular formula is C26H23N3O. The van der Waals surface area contributed by atoms with Crippen LogP contribution in [-0.4, -0.2) is 13.0 Å². The SMILES string of the molecule is CN1C(=CC=C(C#N)C(=O)Nc2cccc3ccccc23)C(C)(C)c2ccccc21. The largest absolute Gasteiger partial charge is 0.347 e. The number of para-hydroxylation sites is 1. The lowest BCUT2D eigenvalue weighted by molar-refractivity contribution is -0.112. The molecule has 1 aliphatic heterocycles. The highest BCUT2D eigenvalue weighted by Crippen LogP contribution is 2.46. The van der Waals surface area contributed by atoms with E-state index in [0.717, 1.165) is 22.2 Å². The fraction of sp³-hybridized carbons (Fsp3) is 0.154. The van der Waals surface area contributed by atoms with Crippen LogP contribution in [0, 0.1) is 11.3 Å². The van der Waals surface area contributed by atoms with E-state index in [0.29, 0.717) is 5.69 Å². The summed E-state index contributed by atoms with van der Waals surface area (Å²) in [5, 5.41) is 14.5. The Morgan fingerprint density at radius 3 is 2.50 bits per heavy atom. The number of carbonyl (C=O) groups is 1. The van der Waals surface area contributed by atoms with Crippen molar-refractivity contribution >= 4 is 28.1 Å². The predicted octanol–water partition coefficient (Wildman–Crippen LogP) is 5.54. The summed E-state index contributed by atoms with van der Waals surface area (Å²) in [6.45, 7) is 4.30. The lowest BCUT2D eigenvalue weighted by atomic mass is 9.83. The van der Waals surface area contributed by atoms with Crippen molar-refractivity contribution in [1.29, 1.82) is 5.26 Å². The van der Waals surface area contributed by atoms with Crippen molar-refractivity contribution in [2.24, 2.45) is 0 Å². The van der Waals surface area contributed by atoms with Gasteiger partial charge in [0.15, 0.2) is 0 Å². The highest BCUT2D eigenvalue weighted by atomic mass is 16.1. The van der Waals surface area contributed by atoms with Gasteiger partial charge in [-0.15, -0.1) is 0 Å². The standard InChI is InChI=1S/C26H23N3O/c1-26(2)21-12-6-7-14-23(21)29(3)24(26)16-15-19(17-27)25(30)28-22-13-8-10-18-9-4-5-11-20(18)22/h4-16H,1-3H3,(H,28,30). The van der Waals surface area contributed by atoms with E-state index < -0.39 is 5.91 Å². The average molecular weight is 393 g/mol. The first kappa shape index (κ1) is 19.5. The lowest BCUT2D eigenvalue weighted by Crippen LogP contribution is -2.22. The van der Waals surface area contributed by atoms with Crippen molar-refractivity contribution in [2.75, 3.05) is 17.3 Å². The highest BCUT2D eigenvalue weighted by Gasteiger charge is 2.37. The van der Waals surface area contributed by atoms with Crippen LogP contribution in [0.5, 0.6) is 0 Å². The first-order chi connectivity index (χ1) is 14.4. The van der Waals surface area contributed by atoms with Gasteiger partial charge in [0.05, 0.1) is 0 Å². The van der Waals surface area contributed by atoms with Crippen LogP contribution < -0.4 is 10.2 Å². The van der Waals surface area contributed by atoms with Crippen molar-refractivity contribution in [1.82, 2.24) is 0 Å². The zero-order valence-corrected chi connectivity index (χ0v) is 17.3. The van der Waals surface area contributed by atoms with E-state index in [-0.39, 0.29) is 11.0 Å². The van der Waals surface area contributed by atoms with Gasteiger partial charge in [0.2, 0.25) is 0 Å². The molecule has 1 heterocycles. The minimum atomic E-state index is -0.415. The number of benzene rings is 3. The molecule has 4 rings (SSSR count). The molecule has 0 atom stereocenters. The topological polar surface area (TPSA) is 56.1 Å². The van der Waals surface area contributed by atoms with Crippen LogP contribution in [0.15, 0.2) is 90.2 Å². The van der Waals surface area contributed by atoms with Crippen LogP contribution in [0.4, 0.5) is 11.4 Å². The molecule has 4 nitrogen and oxygen atoms in total. The summed E-state index contributed by atoms with van der Waals surface area (Å²) < 4.78 is 0. The molecule has 0 radical (unpaired) electrons. The molecular weight excluding hydrogens is 370 g/mol. The Morgan fingerprint density at radius 1 is 1.03 bits per heavy atom. The summed E-state index contributed by atoms with van der Waals surface area (Å²) >= 11 is 0. The van der Waals surface area contributed by atoms with Gasteiger partial charge in [0, 0.05) is 34.9 Å². The van der Waals surface area contributed by atoms with Gasteiger partial charge in [-0.3, -0.25) is 4.79 Å². The maximum atomic E-state index is 12.8. The van der Waals surface area contributed by atoms with Gasteiger partial charge in [0.25, 0.3) is 5.91 Å². The quantitative estimate of drug-likeness (QED) is 0.469. The second-order valence-corrected chi connectivity index (χ2v) is 7.93. The zero-order valence-electron chi connectivity index (χ0n) is 17.3. The van der Waals surface area contributed by atoms with Crippen LogP contribution >= 0.6 is 0 Å². The van der Waals surface area contributed by atoms with Crippen molar-refractivity contribution in [3.63, 3.8) is 0 Å². The normalized spacial score (nSPS) is 16.4. The average Bonchev–Trinajstić information content (AvgIpc) is 2.95. The second kappa shape index (κ2) is 7.53. The van der Waals surface area contributed by atoms with Crippen molar-refractivity contribution in [2.45, 2.75) is 19.3 Å². The minimum absolute atomic E-state index is 0.0654. The Balaban J connectivity index is 1.64. The van der Waals surface area contributed by atoms with Gasteiger partial charge in [-0.2, -0.15) is 5.26 Å². The monoisotopic (exact) mass is 393 g/mol. The summed E-state index contributed by atoms with van der Waals surface area (Å²) in [6.07, 6.45) is 3.49. The molecule has 1 N–H and O–H groups in total. The summed E-state index contributed by atoms with van der Waals surface area (Å²) in [5.74, 6) is -0.415. The molecule has 3 aromatic rings. The number of allylic oxidation sites excluding steroid dienone is 3. The molecule has 1 aliphatic rings. The fourth-order valence-corrected chi connectivity index (χ4v) is 4.15. The van der Waals surface area contributed by atoms with Gasteiger partial charge in [-0.1, -0.05) is 68.4 Å². The van der Waals surface area contributed by atoms with Crippen LogP contribution in [0.2, 0.25) is 0 Å². The van der Waals surface area contributed by atoms with Gasteiger partial charge in [-0.05, 0) is 35.2 Å². The zero-order chi connectivity index (χ0) is 21.3. The summed E-state index contributed by atoms with van der Waals surface area (Å²) in [7, 11) is 2.01. The van der Waals surface area contributed by atoms with Gasteiger partial charge in [-0.25, -0.2) is 0 Å². The Kier molecular flexibility index (Phi) is 4.89. The Labute approximate surface area is 176 Å². The van der Waals surface area contributed by atoms with E-state index in [1.54, 1.807) is 6.08 Å². The first-order valence-corrected chi connectivity index (χ1v) is 9.88. The van der Waals surface area contributed by atoms with Crippen molar-refractivity contribution in [3.05, 3.63) is 95.7 Å². The Bertz CT molecular complexity index is 1240. The molecule has 0 spiro atoms. The van der Waals surface area contributed by atoms with Crippen LogP contribution in [0.1, 0.15) is 19.4 Å². The fourth-order valence-electron chi connectivity index (χ4n) is 4.15. The molecule has 4 heteroatoms. The van der Waals surface area contributed by atoms with Gasteiger partial charge >= 0.3 is 0 Å². The maximum Gasteiger partial charge on any atom is 0.266 e. The second-order valence-electron chi connectivity index (χ2n) is 7.93. The lowest BCUT2D eigenvalue weighted by Gasteiger charge is -2.23. The van der Waals surface area contributed by atoms with Gasteiger partial charge < -0.3 is 10.2 Å². The molecule has 0 unspecified atom stereocenters. The number of nitriles is 1. The van der Waals surface area contributed by atoms with Crippen LogP contribution in [0.25, 0.3) is 10.8 Å². The van der Waals surface area contributed by atoms with E-state index in [1.165, 1.54) is 5.56 Å². The maximum absolute atomic E-state index is 12.8. The number of nitrogens with zero attached hydrogens (tertiary/aromatic N) is 2. The number of hydrogen-bond acceptors (Lipinski definition) is 3. The smallest absolute Gasteiger partial charge is 0.266 e. The molecule has 0 fully saturated rings. The van der Waals surface area contributed by atoms with Crippen LogP contribution in [0.3, 0.4) is 0 Å². The molecule has 0 aliphatic carbocycles. The highest BCUT2D eigenvalue weighted by molar-refractivity contribution is 6.10. The van der Waals surface area contributed by atoms with E-state index in [9.17, 15) is 10.1 Å². The van der Waals surface area contributed by atoms with E-state index in [2.05, 4.69) is 36.2 Å². The summed E-state index contributed by atoms with van der Waals surface area (Å²) in [4.78, 5) is 14.9. The molecule has 3 aromatic carbocycles. The number of anilines is 2. The van der Waals surface area contributed by atoms with E-state index >= 15 is 0 Å². The third-order valence-corrected chi connectivity index (χ3v) is 5.75. The molecule has 0 aromatic heterocycles. The summed E-state index contributed by atoms with van der Waals surface area (Å²) in [5.41, 5.74) is 3.95. The minimum Gasteiger partial charge on any atom is -0.347 e. The third-order valence-electron chi connectivity index (χ3n) is 5.75. The van der Waals surface area contributed by atoms with E-state index in [4.69, 9.17) is 0 Å². The van der Waals surface area contributed by atoms with Crippen molar-refractivity contribution < 1.29 is 4.79 Å². The molecule has 0 saturated carbocycles.